The van der Waals surface area contributed by atoms with Crippen molar-refractivity contribution < 1.29 is 4.84 Å². The Bertz CT molecular complexity index is 1170. The average Bonchev–Trinajstić information content (AvgIpc) is 3.29. The quantitative estimate of drug-likeness (QED) is 0.241. The first-order valence-electron chi connectivity index (χ1n) is 13.7. The van der Waals surface area contributed by atoms with Gasteiger partial charge >= 0.3 is 0 Å². The molecule has 0 unspecified atom stereocenters. The van der Waals surface area contributed by atoms with Gasteiger partial charge in [0.15, 0.2) is 0 Å². The molecule has 0 spiro atoms. The molecule has 36 heavy (non-hydrogen) atoms. The van der Waals surface area contributed by atoms with Crippen LogP contribution in [0.4, 0.5) is 5.69 Å². The molecule has 4 rings (SSSR count). The van der Waals surface area contributed by atoms with Crippen LogP contribution in [0.2, 0.25) is 0 Å². The Balaban J connectivity index is 1.16. The zero-order valence-corrected chi connectivity index (χ0v) is 22.2. The van der Waals surface area contributed by atoms with E-state index >= 15 is 0 Å². The van der Waals surface area contributed by atoms with Crippen LogP contribution < -0.4 is 11.0 Å². The molecule has 0 amide bonds. The predicted molar refractivity (Wildman–Crippen MR) is 149 cm³/mol. The number of aromatic amines is 1. The molecule has 0 saturated carbocycles. The van der Waals surface area contributed by atoms with E-state index in [4.69, 9.17) is 4.84 Å². The number of hydroxylamine groups is 1. The predicted octanol–water partition coefficient (Wildman–Crippen LogP) is 7.61. The summed E-state index contributed by atoms with van der Waals surface area (Å²) < 4.78 is 0. The molecular weight excluding hydrogens is 448 g/mol. The summed E-state index contributed by atoms with van der Waals surface area (Å²) in [4.78, 5) is 25.8. The zero-order valence-electron chi connectivity index (χ0n) is 22.2. The molecule has 0 aliphatic carbocycles. The molecule has 1 aliphatic heterocycles. The van der Waals surface area contributed by atoms with Crippen LogP contribution in [0.3, 0.4) is 0 Å². The smallest absolute Gasteiger partial charge is 0.255 e. The maximum atomic E-state index is 12.7. The first kappa shape index (κ1) is 26.4. The Labute approximate surface area is 215 Å². The minimum atomic E-state index is -0.0682. The van der Waals surface area contributed by atoms with E-state index in [0.29, 0.717) is 18.6 Å². The molecule has 2 aromatic heterocycles. The molecule has 0 saturated heterocycles. The topological polar surface area (TPSA) is 70.2 Å². The lowest BCUT2D eigenvalue weighted by Gasteiger charge is -2.17. The van der Waals surface area contributed by atoms with E-state index in [9.17, 15) is 4.79 Å². The molecule has 0 bridgehead atoms. The lowest BCUT2D eigenvalue weighted by molar-refractivity contribution is -0.142. The van der Waals surface area contributed by atoms with E-state index in [-0.39, 0.29) is 5.56 Å². The molecular formula is C30H42N4O2. The van der Waals surface area contributed by atoms with Gasteiger partial charge in [-0.2, -0.15) is 0 Å². The van der Waals surface area contributed by atoms with E-state index in [1.807, 2.05) is 18.2 Å². The third-order valence-electron chi connectivity index (χ3n) is 6.98. The van der Waals surface area contributed by atoms with Gasteiger partial charge in [-0.15, -0.1) is 0 Å². The highest BCUT2D eigenvalue weighted by molar-refractivity contribution is 5.95. The van der Waals surface area contributed by atoms with Gasteiger partial charge < -0.3 is 4.98 Å². The Hall–Kier alpha value is -2.70. The van der Waals surface area contributed by atoms with Crippen molar-refractivity contribution in [3.63, 3.8) is 0 Å². The van der Waals surface area contributed by atoms with Crippen molar-refractivity contribution in [2.45, 2.75) is 91.5 Å². The van der Waals surface area contributed by atoms with Crippen LogP contribution in [-0.4, -0.2) is 21.7 Å². The van der Waals surface area contributed by atoms with Gasteiger partial charge in [0.25, 0.3) is 5.56 Å². The monoisotopic (exact) mass is 490 g/mol. The number of hydrogen-bond donors (Lipinski definition) is 2. The summed E-state index contributed by atoms with van der Waals surface area (Å²) in [6, 6.07) is 10.1. The first-order chi connectivity index (χ1) is 17.4. The summed E-state index contributed by atoms with van der Waals surface area (Å²) in [5.41, 5.74) is 8.22. The number of pyridine rings is 2. The second-order valence-electron chi connectivity index (χ2n) is 11.3. The maximum Gasteiger partial charge on any atom is 0.255 e. The second kappa shape index (κ2) is 12.5. The van der Waals surface area contributed by atoms with Gasteiger partial charge in [-0.3, -0.25) is 20.0 Å². The van der Waals surface area contributed by atoms with Gasteiger partial charge in [-0.25, -0.2) is 0 Å². The Morgan fingerprint density at radius 2 is 1.56 bits per heavy atom. The SMILES string of the molecule is CC(C)(C)CCCCCCCCCCCON1Cc2c(c3ccc(-c4ccncc4)cc3[nH]c2=O)N1. The molecule has 6 heteroatoms. The largest absolute Gasteiger partial charge is 0.321 e. The minimum absolute atomic E-state index is 0.0682. The number of benzene rings is 1. The Morgan fingerprint density at radius 1 is 0.889 bits per heavy atom. The molecule has 3 heterocycles. The summed E-state index contributed by atoms with van der Waals surface area (Å²) in [6.07, 6.45) is 16.5. The average molecular weight is 491 g/mol. The fourth-order valence-electron chi connectivity index (χ4n) is 4.90. The third kappa shape index (κ3) is 7.40. The van der Waals surface area contributed by atoms with E-state index in [1.165, 1.54) is 57.8 Å². The molecule has 6 nitrogen and oxygen atoms in total. The summed E-state index contributed by atoms with van der Waals surface area (Å²) in [7, 11) is 0. The highest BCUT2D eigenvalue weighted by Gasteiger charge is 2.24. The first-order valence-corrected chi connectivity index (χ1v) is 13.7. The number of nitrogens with one attached hydrogen (secondary N) is 2. The maximum absolute atomic E-state index is 12.7. The standard InChI is InChI=1S/C30H42N4O2/c1-30(2,3)17-11-9-7-5-4-6-8-10-12-20-36-34-22-26-28(33-34)25-14-13-24(21-27(25)32-29(26)35)23-15-18-31-19-16-23/h13-16,18-19,21,33H,4-12,17,20,22H2,1-3H3,(H,32,35). The van der Waals surface area contributed by atoms with Crippen molar-refractivity contribution in [1.82, 2.24) is 15.1 Å². The van der Waals surface area contributed by atoms with Crippen LogP contribution in [0.15, 0.2) is 47.5 Å². The number of hydrogen-bond acceptors (Lipinski definition) is 5. The summed E-state index contributed by atoms with van der Waals surface area (Å²) in [5, 5.41) is 2.69. The molecule has 1 aliphatic rings. The third-order valence-corrected chi connectivity index (χ3v) is 6.98. The van der Waals surface area contributed by atoms with Crippen LogP contribution in [0.25, 0.3) is 22.0 Å². The highest BCUT2D eigenvalue weighted by Crippen LogP contribution is 2.32. The van der Waals surface area contributed by atoms with Gasteiger partial charge in [-0.1, -0.05) is 89.4 Å². The van der Waals surface area contributed by atoms with Crippen LogP contribution in [0, 0.1) is 5.41 Å². The van der Waals surface area contributed by atoms with Crippen LogP contribution in [0.5, 0.6) is 0 Å². The fraction of sp³-hybridized carbons (Fsp3) is 0.533. The van der Waals surface area contributed by atoms with Gasteiger partial charge in [0.2, 0.25) is 0 Å². The molecule has 1 aromatic carbocycles. The highest BCUT2D eigenvalue weighted by atomic mass is 16.7. The van der Waals surface area contributed by atoms with Gasteiger partial charge in [0.05, 0.1) is 29.9 Å². The van der Waals surface area contributed by atoms with Gasteiger partial charge in [-0.05, 0) is 47.6 Å². The number of fused-ring (bicyclic) bond motifs is 3. The zero-order chi connectivity index (χ0) is 25.4. The molecule has 2 N–H and O–H groups in total. The van der Waals surface area contributed by atoms with Gasteiger partial charge in [0.1, 0.15) is 0 Å². The number of anilines is 1. The summed E-state index contributed by atoms with van der Waals surface area (Å²) in [6.45, 7) is 8.10. The lowest BCUT2D eigenvalue weighted by Crippen LogP contribution is -2.25. The van der Waals surface area contributed by atoms with Crippen molar-refractivity contribution in [1.29, 1.82) is 0 Å². The number of aromatic nitrogens is 2. The molecule has 194 valence electrons. The number of hydrazine groups is 1. The molecule has 3 aromatic rings. The minimum Gasteiger partial charge on any atom is -0.321 e. The van der Waals surface area contributed by atoms with Crippen molar-refractivity contribution in [2.75, 3.05) is 12.0 Å². The van der Waals surface area contributed by atoms with Crippen LogP contribution in [-0.2, 0) is 11.4 Å². The fourth-order valence-corrected chi connectivity index (χ4v) is 4.90. The Kier molecular flexibility index (Phi) is 9.16. The normalized spacial score (nSPS) is 13.8. The Morgan fingerprint density at radius 3 is 2.25 bits per heavy atom. The molecule has 0 atom stereocenters. The second-order valence-corrected chi connectivity index (χ2v) is 11.3. The van der Waals surface area contributed by atoms with Crippen molar-refractivity contribution in [2.24, 2.45) is 5.41 Å². The van der Waals surface area contributed by atoms with E-state index < -0.39 is 0 Å². The number of H-pyrrole nitrogens is 1. The number of rotatable bonds is 13. The van der Waals surface area contributed by atoms with Crippen molar-refractivity contribution >= 4 is 16.6 Å². The van der Waals surface area contributed by atoms with E-state index in [2.05, 4.69) is 48.3 Å². The van der Waals surface area contributed by atoms with Crippen molar-refractivity contribution in [3.8, 4) is 11.1 Å². The van der Waals surface area contributed by atoms with E-state index in [0.717, 1.165) is 39.7 Å². The number of nitrogens with zero attached hydrogens (tertiary/aromatic N) is 2. The van der Waals surface area contributed by atoms with Crippen molar-refractivity contribution in [3.05, 3.63) is 58.6 Å². The number of unbranched alkanes of at least 4 members (excludes halogenated alkanes) is 8. The summed E-state index contributed by atoms with van der Waals surface area (Å²) in [5.74, 6) is 0. The van der Waals surface area contributed by atoms with Gasteiger partial charge in [0, 0.05) is 17.8 Å². The molecule has 0 fully saturated rings. The van der Waals surface area contributed by atoms with Crippen LogP contribution >= 0.6 is 0 Å². The van der Waals surface area contributed by atoms with Crippen LogP contribution in [0.1, 0.15) is 90.5 Å². The lowest BCUT2D eigenvalue weighted by atomic mass is 9.89. The summed E-state index contributed by atoms with van der Waals surface area (Å²) >= 11 is 0. The molecule has 0 radical (unpaired) electrons. The van der Waals surface area contributed by atoms with E-state index in [1.54, 1.807) is 17.6 Å².